The first-order valence-electron chi connectivity index (χ1n) is 14.2. The third kappa shape index (κ3) is 10.2. The first-order chi connectivity index (χ1) is 19.8. The molecule has 4 N–H and O–H groups in total. The van der Waals surface area contributed by atoms with Crippen LogP contribution in [0.4, 0.5) is 13.2 Å². The standard InChI is InChI=1S/C25H41N5O4S.C2HF3O2/c1-4-17-9-12-30(22(31)7-6-19-14-26-16-27-19)21(17)15-29-11-8-18(5-2)23(29)24(32)28-20(25(33)34)10-13-35-3;3-2(4,5)1(6)7/h14,16-18,20-21,23H,4-13,15H2,1-3H3,(H,26,27)(H,28,32)(H,33,34);(H,6,7)/t17-,18-,20-,21+,23-;/m0./s1. The quantitative estimate of drug-likeness (QED) is 0.260. The normalized spacial score (nSPS) is 23.2. The van der Waals surface area contributed by atoms with Crippen LogP contribution >= 0.6 is 11.8 Å². The summed E-state index contributed by atoms with van der Waals surface area (Å²) in [6.07, 6.45) is 5.47. The van der Waals surface area contributed by atoms with Gasteiger partial charge in [0.1, 0.15) is 6.04 Å². The van der Waals surface area contributed by atoms with Crippen molar-refractivity contribution in [3.63, 3.8) is 0 Å². The fraction of sp³-hybridized carbons (Fsp3) is 0.741. The van der Waals surface area contributed by atoms with Crippen LogP contribution in [0.3, 0.4) is 0 Å². The number of carbonyl (C=O) groups is 4. The number of aryl methyl sites for hydroxylation is 1. The molecule has 2 amide bonds. The second-order valence-electron chi connectivity index (χ2n) is 10.6. The number of aromatic nitrogens is 2. The molecule has 3 heterocycles. The van der Waals surface area contributed by atoms with Crippen LogP contribution in [0.2, 0.25) is 0 Å². The van der Waals surface area contributed by atoms with Crippen molar-refractivity contribution in [2.75, 3.05) is 31.6 Å². The molecule has 0 bridgehead atoms. The molecule has 11 nitrogen and oxygen atoms in total. The molecule has 2 aliphatic heterocycles. The summed E-state index contributed by atoms with van der Waals surface area (Å²) in [5.41, 5.74) is 0.956. The third-order valence-electron chi connectivity index (χ3n) is 8.00. The van der Waals surface area contributed by atoms with Crippen LogP contribution in [0.1, 0.15) is 58.1 Å². The molecule has 0 spiro atoms. The van der Waals surface area contributed by atoms with Crippen LogP contribution in [0.25, 0.3) is 0 Å². The number of likely N-dealkylation sites (tertiary alicyclic amines) is 2. The predicted molar refractivity (Wildman–Crippen MR) is 151 cm³/mol. The summed E-state index contributed by atoms with van der Waals surface area (Å²) in [6, 6.07) is -1.14. The smallest absolute Gasteiger partial charge is 0.480 e. The zero-order valence-corrected chi connectivity index (χ0v) is 25.0. The Hall–Kier alpha value is -2.81. The number of thioether (sulfide) groups is 1. The Kier molecular flexibility index (Phi) is 14.1. The summed E-state index contributed by atoms with van der Waals surface area (Å²) < 4.78 is 31.7. The van der Waals surface area contributed by atoms with Gasteiger partial charge in [-0.3, -0.25) is 14.5 Å². The average molecular weight is 622 g/mol. The number of aromatic amines is 1. The van der Waals surface area contributed by atoms with E-state index in [1.54, 1.807) is 24.3 Å². The maximum Gasteiger partial charge on any atom is 0.490 e. The van der Waals surface area contributed by atoms with Crippen molar-refractivity contribution in [1.82, 2.24) is 25.1 Å². The molecule has 2 fully saturated rings. The van der Waals surface area contributed by atoms with Crippen molar-refractivity contribution in [2.24, 2.45) is 11.8 Å². The van der Waals surface area contributed by atoms with E-state index in [0.717, 1.165) is 44.5 Å². The minimum absolute atomic E-state index is 0.0759. The van der Waals surface area contributed by atoms with E-state index in [2.05, 4.69) is 34.0 Å². The van der Waals surface area contributed by atoms with E-state index < -0.39 is 24.2 Å². The lowest BCUT2D eigenvalue weighted by Crippen LogP contribution is -2.54. The zero-order valence-electron chi connectivity index (χ0n) is 24.2. The summed E-state index contributed by atoms with van der Waals surface area (Å²) in [5.74, 6) is -2.51. The molecule has 0 saturated carbocycles. The monoisotopic (exact) mass is 621 g/mol. The number of nitrogens with one attached hydrogen (secondary N) is 2. The number of carboxylic acids is 2. The number of aliphatic carboxylic acids is 2. The van der Waals surface area contributed by atoms with Gasteiger partial charge >= 0.3 is 18.1 Å². The van der Waals surface area contributed by atoms with E-state index in [0.29, 0.717) is 37.5 Å². The Labute approximate surface area is 248 Å². The number of amides is 2. The van der Waals surface area contributed by atoms with Gasteiger partial charge in [0.05, 0.1) is 12.4 Å². The van der Waals surface area contributed by atoms with E-state index in [4.69, 9.17) is 9.90 Å². The molecular weight excluding hydrogens is 579 g/mol. The predicted octanol–water partition coefficient (Wildman–Crippen LogP) is 3.03. The highest BCUT2D eigenvalue weighted by Crippen LogP contribution is 2.33. The van der Waals surface area contributed by atoms with Gasteiger partial charge < -0.3 is 25.4 Å². The van der Waals surface area contributed by atoms with Gasteiger partial charge in [0.25, 0.3) is 0 Å². The molecule has 42 heavy (non-hydrogen) atoms. The number of hydrogen-bond donors (Lipinski definition) is 4. The minimum Gasteiger partial charge on any atom is -0.480 e. The van der Waals surface area contributed by atoms with Crippen molar-refractivity contribution in [2.45, 2.75) is 83.1 Å². The Morgan fingerprint density at radius 3 is 2.31 bits per heavy atom. The fourth-order valence-electron chi connectivity index (χ4n) is 5.69. The molecule has 0 aliphatic carbocycles. The van der Waals surface area contributed by atoms with Crippen molar-refractivity contribution in [3.05, 3.63) is 18.2 Å². The van der Waals surface area contributed by atoms with Gasteiger partial charge in [-0.25, -0.2) is 14.6 Å². The maximum absolute atomic E-state index is 13.4. The highest BCUT2D eigenvalue weighted by molar-refractivity contribution is 7.98. The van der Waals surface area contributed by atoms with Gasteiger partial charge in [-0.05, 0) is 56.1 Å². The van der Waals surface area contributed by atoms with Crippen molar-refractivity contribution in [1.29, 1.82) is 0 Å². The third-order valence-corrected chi connectivity index (χ3v) is 8.65. The van der Waals surface area contributed by atoms with Crippen molar-refractivity contribution >= 4 is 35.5 Å². The van der Waals surface area contributed by atoms with Crippen molar-refractivity contribution < 1.29 is 42.6 Å². The lowest BCUT2D eigenvalue weighted by molar-refractivity contribution is -0.192. The summed E-state index contributed by atoms with van der Waals surface area (Å²) >= 11 is 1.57. The topological polar surface area (TPSA) is 156 Å². The van der Waals surface area contributed by atoms with Gasteiger partial charge in [-0.2, -0.15) is 24.9 Å². The Morgan fingerprint density at radius 1 is 1.14 bits per heavy atom. The zero-order chi connectivity index (χ0) is 31.4. The first kappa shape index (κ1) is 35.4. The van der Waals surface area contributed by atoms with Gasteiger partial charge in [0.2, 0.25) is 11.8 Å². The highest BCUT2D eigenvalue weighted by atomic mass is 32.2. The number of nitrogens with zero attached hydrogens (tertiary/aromatic N) is 3. The Bertz CT molecular complexity index is 1030. The fourth-order valence-corrected chi connectivity index (χ4v) is 6.16. The van der Waals surface area contributed by atoms with Gasteiger partial charge in [0, 0.05) is 37.4 Å². The van der Waals surface area contributed by atoms with E-state index in [1.807, 2.05) is 11.2 Å². The molecule has 0 radical (unpaired) electrons. The van der Waals surface area contributed by atoms with Gasteiger partial charge in [-0.15, -0.1) is 0 Å². The number of carbonyl (C=O) groups excluding carboxylic acids is 2. The van der Waals surface area contributed by atoms with Crippen LogP contribution in [-0.4, -0.2) is 110 Å². The SMILES string of the molecule is CC[C@H]1CCN(C[C@@H]2[C@@H](CC)CCN2C(=O)CCc2cnc[nH]2)[C@@H]1C(=O)N[C@@H](CCSC)C(=O)O.O=C(O)C(F)(F)F. The second-order valence-corrected chi connectivity index (χ2v) is 11.6. The second kappa shape index (κ2) is 16.7. The van der Waals surface area contributed by atoms with Crippen LogP contribution in [0.15, 0.2) is 12.5 Å². The highest BCUT2D eigenvalue weighted by Gasteiger charge is 2.44. The maximum atomic E-state index is 13.4. The van der Waals surface area contributed by atoms with E-state index in [9.17, 15) is 32.7 Å². The van der Waals surface area contributed by atoms with Crippen LogP contribution in [0.5, 0.6) is 0 Å². The number of alkyl halides is 3. The lowest BCUT2D eigenvalue weighted by atomic mass is 9.94. The molecule has 238 valence electrons. The summed E-state index contributed by atoms with van der Waals surface area (Å²) in [4.78, 5) is 58.5. The number of imidazole rings is 1. The van der Waals surface area contributed by atoms with Crippen LogP contribution in [-0.2, 0) is 25.6 Å². The summed E-state index contributed by atoms with van der Waals surface area (Å²) in [6.45, 7) is 6.46. The first-order valence-corrected chi connectivity index (χ1v) is 15.6. The molecule has 3 rings (SSSR count). The minimum atomic E-state index is -5.08. The number of halogens is 3. The number of rotatable bonds is 13. The summed E-state index contributed by atoms with van der Waals surface area (Å²) in [7, 11) is 0. The summed E-state index contributed by atoms with van der Waals surface area (Å²) in [5, 5.41) is 19.6. The lowest BCUT2D eigenvalue weighted by Gasteiger charge is -2.35. The number of carboxylic acid groups (broad SMARTS) is 2. The van der Waals surface area contributed by atoms with E-state index >= 15 is 0 Å². The molecule has 0 unspecified atom stereocenters. The van der Waals surface area contributed by atoms with E-state index in [-0.39, 0.29) is 29.8 Å². The van der Waals surface area contributed by atoms with Crippen molar-refractivity contribution in [3.8, 4) is 0 Å². The van der Waals surface area contributed by atoms with Gasteiger partial charge in [-0.1, -0.05) is 26.7 Å². The molecule has 0 aromatic carbocycles. The molecule has 1 aromatic rings. The average Bonchev–Trinajstić information content (AvgIpc) is 3.69. The van der Waals surface area contributed by atoms with Crippen LogP contribution in [0, 0.1) is 11.8 Å². The van der Waals surface area contributed by atoms with Crippen LogP contribution < -0.4 is 5.32 Å². The molecule has 2 saturated heterocycles. The largest absolute Gasteiger partial charge is 0.490 e. The molecular formula is C27H42F3N5O6S. The Morgan fingerprint density at radius 2 is 1.79 bits per heavy atom. The number of hydrogen-bond acceptors (Lipinski definition) is 7. The molecule has 2 aliphatic rings. The van der Waals surface area contributed by atoms with Gasteiger partial charge in [0.15, 0.2) is 0 Å². The molecule has 15 heteroatoms. The molecule has 1 aromatic heterocycles. The van der Waals surface area contributed by atoms with E-state index in [1.165, 1.54) is 0 Å². The Balaban J connectivity index is 0.000000782. The molecule has 5 atom stereocenters. The number of H-pyrrole nitrogens is 1.